The van der Waals surface area contributed by atoms with Gasteiger partial charge in [0.2, 0.25) is 0 Å². The summed E-state index contributed by atoms with van der Waals surface area (Å²) in [5.41, 5.74) is 5.08. The van der Waals surface area contributed by atoms with Crippen LogP contribution in [0.3, 0.4) is 0 Å². The molecule has 3 rings (SSSR count). The zero-order valence-electron chi connectivity index (χ0n) is 13.2. The molecular weight excluding hydrogens is 292 g/mol. The Bertz CT molecular complexity index is 815. The van der Waals surface area contributed by atoms with Gasteiger partial charge in [-0.05, 0) is 61.9 Å². The largest absolute Gasteiger partial charge is 0.508 e. The smallest absolute Gasteiger partial charge is 0.158 e. The molecule has 0 aliphatic heterocycles. The highest BCUT2D eigenvalue weighted by Gasteiger charge is 2.25. The van der Waals surface area contributed by atoms with Gasteiger partial charge in [0.25, 0.3) is 0 Å². The van der Waals surface area contributed by atoms with E-state index in [4.69, 9.17) is 0 Å². The highest BCUT2D eigenvalue weighted by atomic mass is 16.3. The molecule has 0 bridgehead atoms. The molecule has 4 nitrogen and oxygen atoms in total. The van der Waals surface area contributed by atoms with E-state index >= 15 is 0 Å². The van der Waals surface area contributed by atoms with Gasteiger partial charge in [0, 0.05) is 17.2 Å². The first-order chi connectivity index (χ1) is 10.9. The average Bonchev–Trinajstić information content (AvgIpc) is 2.47. The Kier molecular flexibility index (Phi) is 3.68. The highest BCUT2D eigenvalue weighted by Crippen LogP contribution is 2.47. The van der Waals surface area contributed by atoms with Gasteiger partial charge < -0.3 is 20.4 Å². The van der Waals surface area contributed by atoms with Gasteiger partial charge in [-0.2, -0.15) is 0 Å². The van der Waals surface area contributed by atoms with Gasteiger partial charge in [0.05, 0.1) is 0 Å². The van der Waals surface area contributed by atoms with Crippen molar-refractivity contribution < 1.29 is 20.4 Å². The maximum absolute atomic E-state index is 10.3. The molecule has 0 heterocycles. The van der Waals surface area contributed by atoms with Crippen molar-refractivity contribution >= 4 is 0 Å². The van der Waals surface area contributed by atoms with Crippen LogP contribution in [0.15, 0.2) is 29.8 Å². The van der Waals surface area contributed by atoms with E-state index in [1.807, 2.05) is 19.9 Å². The summed E-state index contributed by atoms with van der Waals surface area (Å²) >= 11 is 0. The van der Waals surface area contributed by atoms with Crippen LogP contribution in [0.4, 0.5) is 0 Å². The number of benzene rings is 2. The molecule has 0 fully saturated rings. The Morgan fingerprint density at radius 3 is 2.30 bits per heavy atom. The Balaban J connectivity index is 2.24. The van der Waals surface area contributed by atoms with E-state index in [1.54, 1.807) is 0 Å². The Hall–Kier alpha value is -2.62. The number of phenols is 4. The number of phenolic OH excluding ortho intramolecular Hbond substituents is 4. The maximum atomic E-state index is 10.3. The fourth-order valence-corrected chi connectivity index (χ4v) is 3.18. The first-order valence-corrected chi connectivity index (χ1v) is 7.63. The molecule has 2 aromatic carbocycles. The molecule has 0 saturated carbocycles. The van der Waals surface area contributed by atoms with Gasteiger partial charge in [0.15, 0.2) is 11.5 Å². The van der Waals surface area contributed by atoms with Crippen molar-refractivity contribution in [3.05, 3.63) is 46.5 Å². The van der Waals surface area contributed by atoms with Crippen LogP contribution in [-0.4, -0.2) is 20.4 Å². The minimum atomic E-state index is -0.213. The summed E-state index contributed by atoms with van der Waals surface area (Å²) in [7, 11) is 0. The third-order valence-corrected chi connectivity index (χ3v) is 4.33. The summed E-state index contributed by atoms with van der Waals surface area (Å²) in [6.45, 7) is 4.00. The first kappa shape index (κ1) is 15.3. The molecule has 0 spiro atoms. The van der Waals surface area contributed by atoms with E-state index in [1.165, 1.54) is 18.2 Å². The van der Waals surface area contributed by atoms with Crippen LogP contribution in [0.2, 0.25) is 0 Å². The Morgan fingerprint density at radius 2 is 1.61 bits per heavy atom. The van der Waals surface area contributed by atoms with Crippen LogP contribution >= 0.6 is 0 Å². The average molecular weight is 312 g/mol. The molecule has 120 valence electrons. The second-order valence-electron chi connectivity index (χ2n) is 6.23. The molecule has 4 N–H and O–H groups in total. The lowest BCUT2D eigenvalue weighted by atomic mass is 9.81. The van der Waals surface area contributed by atoms with E-state index in [0.29, 0.717) is 30.4 Å². The van der Waals surface area contributed by atoms with Crippen molar-refractivity contribution in [3.8, 4) is 34.1 Å². The normalized spacial score (nSPS) is 12.4. The predicted molar refractivity (Wildman–Crippen MR) is 89.1 cm³/mol. The van der Waals surface area contributed by atoms with Crippen molar-refractivity contribution in [2.24, 2.45) is 0 Å². The number of fused-ring (bicyclic) bond motifs is 3. The zero-order chi connectivity index (χ0) is 16.7. The molecular formula is C19H20O4. The molecule has 0 atom stereocenters. The Labute approximate surface area is 135 Å². The van der Waals surface area contributed by atoms with Gasteiger partial charge in [-0.25, -0.2) is 0 Å². The van der Waals surface area contributed by atoms with Gasteiger partial charge in [-0.15, -0.1) is 0 Å². The van der Waals surface area contributed by atoms with Crippen LogP contribution < -0.4 is 0 Å². The topological polar surface area (TPSA) is 80.9 Å². The summed E-state index contributed by atoms with van der Waals surface area (Å²) < 4.78 is 0. The number of allylic oxidation sites excluding steroid dienone is 2. The van der Waals surface area contributed by atoms with Crippen molar-refractivity contribution in [2.75, 3.05) is 0 Å². The van der Waals surface area contributed by atoms with Gasteiger partial charge >= 0.3 is 0 Å². The molecule has 0 amide bonds. The number of hydrogen-bond acceptors (Lipinski definition) is 4. The zero-order valence-corrected chi connectivity index (χ0v) is 13.2. The minimum Gasteiger partial charge on any atom is -0.508 e. The van der Waals surface area contributed by atoms with E-state index in [9.17, 15) is 20.4 Å². The van der Waals surface area contributed by atoms with Crippen LogP contribution in [0.5, 0.6) is 23.0 Å². The summed E-state index contributed by atoms with van der Waals surface area (Å²) in [6, 6.07) is 4.37. The molecule has 1 aliphatic carbocycles. The molecule has 23 heavy (non-hydrogen) atoms. The van der Waals surface area contributed by atoms with Crippen LogP contribution in [0.1, 0.15) is 30.5 Å². The fraction of sp³-hybridized carbons (Fsp3) is 0.263. The van der Waals surface area contributed by atoms with Crippen LogP contribution in [0, 0.1) is 0 Å². The van der Waals surface area contributed by atoms with E-state index in [-0.39, 0.29) is 23.0 Å². The standard InChI is InChI=1S/C19H20O4/c1-10(2)3-5-12-13-6-4-11-7-16(21)17(22)8-14(11)19(13)18(23)9-15(12)20/h3,7-9,20-23H,4-6H2,1-2H3. The quantitative estimate of drug-likeness (QED) is 0.502. The molecule has 4 heteroatoms. The summed E-state index contributed by atoms with van der Waals surface area (Å²) in [4.78, 5) is 0. The predicted octanol–water partition coefficient (Wildman–Crippen LogP) is 3.78. The van der Waals surface area contributed by atoms with Crippen LogP contribution in [-0.2, 0) is 19.3 Å². The first-order valence-electron chi connectivity index (χ1n) is 7.63. The number of rotatable bonds is 2. The molecule has 0 aromatic heterocycles. The monoisotopic (exact) mass is 312 g/mol. The van der Waals surface area contributed by atoms with Gasteiger partial charge in [-0.3, -0.25) is 0 Å². The van der Waals surface area contributed by atoms with Gasteiger partial charge in [0.1, 0.15) is 11.5 Å². The number of aromatic hydroxyl groups is 4. The van der Waals surface area contributed by atoms with Crippen molar-refractivity contribution in [1.82, 2.24) is 0 Å². The molecule has 1 aliphatic rings. The summed E-state index contributed by atoms with van der Waals surface area (Å²) in [5.74, 6) is -0.292. The number of hydrogen-bond donors (Lipinski definition) is 4. The molecule has 2 aromatic rings. The lowest BCUT2D eigenvalue weighted by molar-refractivity contribution is 0.403. The van der Waals surface area contributed by atoms with E-state index < -0.39 is 0 Å². The Morgan fingerprint density at radius 1 is 0.913 bits per heavy atom. The van der Waals surface area contributed by atoms with Crippen molar-refractivity contribution in [1.29, 1.82) is 0 Å². The second kappa shape index (κ2) is 5.54. The van der Waals surface area contributed by atoms with Gasteiger partial charge in [-0.1, -0.05) is 11.6 Å². The molecule has 0 saturated heterocycles. The molecule has 0 radical (unpaired) electrons. The SMILES string of the molecule is CC(C)=CCc1c(O)cc(O)c2c1CCc1cc(O)c(O)cc1-2. The lowest BCUT2D eigenvalue weighted by Gasteiger charge is -2.24. The van der Waals surface area contributed by atoms with Crippen molar-refractivity contribution in [2.45, 2.75) is 33.1 Å². The number of aryl methyl sites for hydroxylation is 1. The fourth-order valence-electron chi connectivity index (χ4n) is 3.18. The van der Waals surface area contributed by atoms with Crippen molar-refractivity contribution in [3.63, 3.8) is 0 Å². The van der Waals surface area contributed by atoms with E-state index in [0.717, 1.165) is 22.3 Å². The molecule has 0 unspecified atom stereocenters. The third kappa shape index (κ3) is 2.61. The van der Waals surface area contributed by atoms with E-state index in [2.05, 4.69) is 0 Å². The summed E-state index contributed by atoms with van der Waals surface area (Å²) in [5, 5.41) is 40.0. The lowest BCUT2D eigenvalue weighted by Crippen LogP contribution is -2.08. The maximum Gasteiger partial charge on any atom is 0.158 e. The minimum absolute atomic E-state index is 0.00973. The third-order valence-electron chi connectivity index (χ3n) is 4.33. The summed E-state index contributed by atoms with van der Waals surface area (Å²) in [6.07, 6.45) is 3.98. The second-order valence-corrected chi connectivity index (χ2v) is 6.23. The van der Waals surface area contributed by atoms with Crippen LogP contribution in [0.25, 0.3) is 11.1 Å². The highest BCUT2D eigenvalue weighted by molar-refractivity contribution is 5.82.